The molecule has 1 aliphatic rings. The minimum absolute atomic E-state index is 0.250. The number of ether oxygens (including phenoxy) is 2. The first-order valence-electron chi connectivity index (χ1n) is 9.66. The molecule has 1 aliphatic heterocycles. The van der Waals surface area contributed by atoms with Gasteiger partial charge < -0.3 is 14.8 Å². The van der Waals surface area contributed by atoms with Gasteiger partial charge in [-0.05, 0) is 36.6 Å². The third-order valence-corrected chi connectivity index (χ3v) is 5.49. The maximum Gasteiger partial charge on any atom is 0.256 e. The minimum Gasteiger partial charge on any atom is -0.486 e. The smallest absolute Gasteiger partial charge is 0.256 e. The van der Waals surface area contributed by atoms with Crippen LogP contribution >= 0.6 is 23.2 Å². The fraction of sp³-hybridized carbons (Fsp3) is 0.273. The van der Waals surface area contributed by atoms with Gasteiger partial charge in [-0.2, -0.15) is 5.10 Å². The number of amides is 1. The summed E-state index contributed by atoms with van der Waals surface area (Å²) >= 11 is 12.7. The number of hydrogen-bond acceptors (Lipinski definition) is 4. The van der Waals surface area contributed by atoms with Crippen LogP contribution in [-0.2, 0) is 13.0 Å². The van der Waals surface area contributed by atoms with Gasteiger partial charge in [-0.25, -0.2) is 4.68 Å². The molecule has 156 valence electrons. The van der Waals surface area contributed by atoms with Gasteiger partial charge in [-0.15, -0.1) is 0 Å². The van der Waals surface area contributed by atoms with E-state index >= 15 is 0 Å². The van der Waals surface area contributed by atoms with Gasteiger partial charge in [0.05, 0.1) is 22.8 Å². The summed E-state index contributed by atoms with van der Waals surface area (Å²) < 4.78 is 12.8. The van der Waals surface area contributed by atoms with Crippen LogP contribution in [0.1, 0.15) is 27.2 Å². The van der Waals surface area contributed by atoms with E-state index in [0.717, 1.165) is 11.1 Å². The molecule has 30 heavy (non-hydrogen) atoms. The Labute approximate surface area is 184 Å². The summed E-state index contributed by atoms with van der Waals surface area (Å²) in [7, 11) is 0. The van der Waals surface area contributed by atoms with Crippen molar-refractivity contribution in [3.05, 3.63) is 75.0 Å². The van der Waals surface area contributed by atoms with E-state index in [0.29, 0.717) is 65.7 Å². The molecule has 3 aromatic rings. The van der Waals surface area contributed by atoms with Gasteiger partial charge in [0.25, 0.3) is 5.91 Å². The van der Waals surface area contributed by atoms with Crippen LogP contribution in [0, 0.1) is 6.92 Å². The van der Waals surface area contributed by atoms with Gasteiger partial charge in [-0.1, -0.05) is 53.5 Å². The van der Waals surface area contributed by atoms with Gasteiger partial charge in [0.2, 0.25) is 0 Å². The van der Waals surface area contributed by atoms with Crippen LogP contribution in [0.2, 0.25) is 10.2 Å². The predicted molar refractivity (Wildman–Crippen MR) is 116 cm³/mol. The Morgan fingerprint density at radius 3 is 2.70 bits per heavy atom. The SMILES string of the molecule is Cc1nn(Cc2ccccc2)c(Cl)c1C(=O)NCCc1cc(Cl)c2c(c1)OCCO2. The van der Waals surface area contributed by atoms with Crippen LogP contribution in [0.25, 0.3) is 0 Å². The lowest BCUT2D eigenvalue weighted by molar-refractivity contribution is 0.0953. The predicted octanol–water partition coefficient (Wildman–Crippen LogP) is 4.29. The van der Waals surface area contributed by atoms with Crippen molar-refractivity contribution in [1.29, 1.82) is 0 Å². The van der Waals surface area contributed by atoms with E-state index in [9.17, 15) is 4.79 Å². The Morgan fingerprint density at radius 1 is 1.13 bits per heavy atom. The maximum atomic E-state index is 12.7. The second-order valence-corrected chi connectivity index (χ2v) is 7.77. The molecule has 1 amide bonds. The number of carbonyl (C=O) groups is 1. The molecule has 1 aromatic heterocycles. The summed E-state index contributed by atoms with van der Waals surface area (Å²) in [6, 6.07) is 13.6. The van der Waals surface area contributed by atoms with Crippen molar-refractivity contribution < 1.29 is 14.3 Å². The minimum atomic E-state index is -0.250. The van der Waals surface area contributed by atoms with Crippen LogP contribution in [0.4, 0.5) is 0 Å². The standard InChI is InChI=1S/C22H21Cl2N3O3/c1-14-19(21(24)27(26-14)13-15-5-3-2-4-6-15)22(28)25-8-7-16-11-17(23)20-18(12-16)29-9-10-30-20/h2-6,11-12H,7-10,13H2,1H3,(H,25,28). The van der Waals surface area contributed by atoms with E-state index < -0.39 is 0 Å². The largest absolute Gasteiger partial charge is 0.486 e. The van der Waals surface area contributed by atoms with Gasteiger partial charge in [0.1, 0.15) is 18.4 Å². The highest BCUT2D eigenvalue weighted by molar-refractivity contribution is 6.33. The highest BCUT2D eigenvalue weighted by Gasteiger charge is 2.21. The Hall–Kier alpha value is -2.70. The van der Waals surface area contributed by atoms with Crippen LogP contribution in [0.3, 0.4) is 0 Å². The Bertz CT molecular complexity index is 1070. The molecule has 2 aromatic carbocycles. The monoisotopic (exact) mass is 445 g/mol. The van der Waals surface area contributed by atoms with E-state index in [-0.39, 0.29) is 5.91 Å². The van der Waals surface area contributed by atoms with Crippen molar-refractivity contribution in [3.8, 4) is 11.5 Å². The number of nitrogens with one attached hydrogen (secondary N) is 1. The van der Waals surface area contributed by atoms with Crippen LogP contribution < -0.4 is 14.8 Å². The first-order valence-corrected chi connectivity index (χ1v) is 10.4. The molecule has 0 saturated heterocycles. The van der Waals surface area contributed by atoms with E-state index in [1.54, 1.807) is 11.6 Å². The van der Waals surface area contributed by atoms with Crippen LogP contribution in [0.5, 0.6) is 11.5 Å². The first-order chi connectivity index (χ1) is 14.5. The fourth-order valence-corrected chi connectivity index (χ4v) is 4.00. The van der Waals surface area contributed by atoms with E-state index in [1.165, 1.54) is 0 Å². The molecule has 1 N–H and O–H groups in total. The lowest BCUT2D eigenvalue weighted by Gasteiger charge is -2.20. The van der Waals surface area contributed by atoms with Gasteiger partial charge >= 0.3 is 0 Å². The zero-order chi connectivity index (χ0) is 21.1. The maximum absolute atomic E-state index is 12.7. The summed E-state index contributed by atoms with van der Waals surface area (Å²) in [5.41, 5.74) is 3.00. The normalized spacial score (nSPS) is 12.6. The van der Waals surface area contributed by atoms with Crippen molar-refractivity contribution in [2.24, 2.45) is 0 Å². The first kappa shape index (κ1) is 20.6. The van der Waals surface area contributed by atoms with E-state index in [1.807, 2.05) is 42.5 Å². The highest BCUT2D eigenvalue weighted by Crippen LogP contribution is 2.38. The number of aromatic nitrogens is 2. The number of carbonyl (C=O) groups excluding carboxylic acids is 1. The average Bonchev–Trinajstić information content (AvgIpc) is 3.02. The number of hydrogen-bond donors (Lipinski definition) is 1. The topological polar surface area (TPSA) is 65.4 Å². The molecule has 2 heterocycles. The highest BCUT2D eigenvalue weighted by atomic mass is 35.5. The average molecular weight is 446 g/mol. The van der Waals surface area contributed by atoms with Gasteiger partial charge in [-0.3, -0.25) is 4.79 Å². The second kappa shape index (κ2) is 8.98. The fourth-order valence-electron chi connectivity index (χ4n) is 3.39. The van der Waals surface area contributed by atoms with Crippen LogP contribution in [-0.4, -0.2) is 35.4 Å². The van der Waals surface area contributed by atoms with Crippen molar-refractivity contribution in [2.45, 2.75) is 19.9 Å². The zero-order valence-electron chi connectivity index (χ0n) is 16.5. The molecule has 0 aliphatic carbocycles. The quantitative estimate of drug-likeness (QED) is 0.614. The molecular formula is C22H21Cl2N3O3. The third-order valence-electron chi connectivity index (χ3n) is 4.82. The molecule has 0 spiro atoms. The summed E-state index contributed by atoms with van der Waals surface area (Å²) in [5, 5.41) is 8.18. The summed E-state index contributed by atoms with van der Waals surface area (Å²) in [4.78, 5) is 12.7. The molecule has 0 atom stereocenters. The molecular weight excluding hydrogens is 425 g/mol. The molecule has 8 heteroatoms. The van der Waals surface area contributed by atoms with Crippen molar-refractivity contribution in [3.63, 3.8) is 0 Å². The van der Waals surface area contributed by atoms with E-state index in [4.69, 9.17) is 32.7 Å². The molecule has 6 nitrogen and oxygen atoms in total. The summed E-state index contributed by atoms with van der Waals surface area (Å²) in [6.45, 7) is 3.69. The lowest BCUT2D eigenvalue weighted by atomic mass is 10.1. The Balaban J connectivity index is 1.40. The summed E-state index contributed by atoms with van der Waals surface area (Å²) in [6.07, 6.45) is 0.594. The molecule has 0 bridgehead atoms. The van der Waals surface area contributed by atoms with Crippen molar-refractivity contribution in [1.82, 2.24) is 15.1 Å². The van der Waals surface area contributed by atoms with E-state index in [2.05, 4.69) is 10.4 Å². The summed E-state index contributed by atoms with van der Waals surface area (Å²) in [5.74, 6) is 0.959. The molecule has 0 fully saturated rings. The van der Waals surface area contributed by atoms with Crippen molar-refractivity contribution >= 4 is 29.1 Å². The molecule has 0 radical (unpaired) electrons. The van der Waals surface area contributed by atoms with Crippen LogP contribution in [0.15, 0.2) is 42.5 Å². The zero-order valence-corrected chi connectivity index (χ0v) is 18.0. The molecule has 4 rings (SSSR count). The Kier molecular flexibility index (Phi) is 6.16. The number of nitrogens with zero attached hydrogens (tertiary/aromatic N) is 2. The molecule has 0 unspecified atom stereocenters. The third kappa shape index (κ3) is 4.40. The number of rotatable bonds is 6. The second-order valence-electron chi connectivity index (χ2n) is 7.00. The molecule has 0 saturated carbocycles. The number of benzene rings is 2. The van der Waals surface area contributed by atoms with Gasteiger partial charge in [0, 0.05) is 6.54 Å². The number of fused-ring (bicyclic) bond motifs is 1. The van der Waals surface area contributed by atoms with Gasteiger partial charge in [0.15, 0.2) is 11.5 Å². The lowest BCUT2D eigenvalue weighted by Crippen LogP contribution is -2.26. The van der Waals surface area contributed by atoms with Crippen molar-refractivity contribution in [2.75, 3.05) is 19.8 Å². The Morgan fingerprint density at radius 2 is 1.90 bits per heavy atom. The number of halogens is 2. The number of aryl methyl sites for hydroxylation is 1.